The number of benzene rings is 1. The van der Waals surface area contributed by atoms with Gasteiger partial charge in [-0.05, 0) is 49.2 Å². The lowest BCUT2D eigenvalue weighted by atomic mass is 10.2. The van der Waals surface area contributed by atoms with E-state index in [1.165, 1.54) is 26.3 Å². The Hall–Kier alpha value is -1.26. The van der Waals surface area contributed by atoms with E-state index in [9.17, 15) is 0 Å². The Kier molecular flexibility index (Phi) is 3.61. The summed E-state index contributed by atoms with van der Waals surface area (Å²) in [5.74, 6) is 0. The summed E-state index contributed by atoms with van der Waals surface area (Å²) in [5.41, 5.74) is 3.60. The molecule has 3 rings (SSSR count). The van der Waals surface area contributed by atoms with Gasteiger partial charge in [-0.2, -0.15) is 0 Å². The lowest BCUT2D eigenvalue weighted by Crippen LogP contribution is -1.87. The highest BCUT2D eigenvalue weighted by Gasteiger charge is 2.12. The molecule has 0 atom stereocenters. The topological polar surface area (TPSA) is 17.8 Å². The van der Waals surface area contributed by atoms with Crippen molar-refractivity contribution in [2.45, 2.75) is 23.6 Å². The van der Waals surface area contributed by atoms with E-state index in [2.05, 4.69) is 69.8 Å². The van der Waals surface area contributed by atoms with E-state index >= 15 is 0 Å². The molecule has 0 aliphatic carbocycles. The van der Waals surface area contributed by atoms with Crippen molar-refractivity contribution in [3.05, 3.63) is 52.3 Å². The maximum Gasteiger partial charge on any atom is 0.141 e. The van der Waals surface area contributed by atoms with Crippen LogP contribution in [0.5, 0.6) is 0 Å². The van der Waals surface area contributed by atoms with Crippen LogP contribution in [0.2, 0.25) is 0 Å². The van der Waals surface area contributed by atoms with Crippen LogP contribution in [0.1, 0.15) is 11.1 Å². The largest absolute Gasteiger partial charge is 0.334 e. The van der Waals surface area contributed by atoms with Gasteiger partial charge in [0, 0.05) is 39.1 Å². The number of aryl methyl sites for hydroxylation is 3. The molecule has 2 heterocycles. The molecule has 1 aromatic carbocycles. The van der Waals surface area contributed by atoms with Gasteiger partial charge in [-0.3, -0.25) is 0 Å². The molecule has 4 heteroatoms. The second kappa shape index (κ2) is 5.26. The van der Waals surface area contributed by atoms with Crippen molar-refractivity contribution in [1.82, 2.24) is 9.55 Å². The average Bonchev–Trinajstić information content (AvgIpc) is 2.71. The first-order valence-electron chi connectivity index (χ1n) is 6.41. The molecule has 0 amide bonds. The highest BCUT2D eigenvalue weighted by molar-refractivity contribution is 9.10. The third kappa shape index (κ3) is 2.38. The zero-order valence-electron chi connectivity index (χ0n) is 11.6. The summed E-state index contributed by atoms with van der Waals surface area (Å²) in [4.78, 5) is 7.03. The minimum Gasteiger partial charge on any atom is -0.334 e. The minimum absolute atomic E-state index is 1.04. The van der Waals surface area contributed by atoms with Crippen molar-refractivity contribution >= 4 is 38.7 Å². The predicted octanol–water partition coefficient (Wildman–Crippen LogP) is 5.10. The standard InChI is InChI=1S/C16H15BrN2S/c1-10-6-7-18-16-15(10)14(9-19(16)3)20-13-5-4-12(17)8-11(13)2/h4-9H,1-3H3. The van der Waals surface area contributed by atoms with Crippen molar-refractivity contribution < 1.29 is 0 Å². The fourth-order valence-corrected chi connectivity index (χ4v) is 3.97. The van der Waals surface area contributed by atoms with E-state index in [-0.39, 0.29) is 0 Å². The zero-order valence-corrected chi connectivity index (χ0v) is 14.0. The number of aromatic nitrogens is 2. The summed E-state index contributed by atoms with van der Waals surface area (Å²) >= 11 is 5.32. The van der Waals surface area contributed by atoms with Crippen LogP contribution in [0, 0.1) is 13.8 Å². The van der Waals surface area contributed by atoms with Crippen LogP contribution in [-0.2, 0) is 7.05 Å². The summed E-state index contributed by atoms with van der Waals surface area (Å²) < 4.78 is 3.22. The molecule has 0 fully saturated rings. The van der Waals surface area contributed by atoms with Gasteiger partial charge >= 0.3 is 0 Å². The fraction of sp³-hybridized carbons (Fsp3) is 0.188. The van der Waals surface area contributed by atoms with E-state index in [0.717, 1.165) is 10.1 Å². The highest BCUT2D eigenvalue weighted by Crippen LogP contribution is 2.37. The fourth-order valence-electron chi connectivity index (χ4n) is 2.34. The monoisotopic (exact) mass is 346 g/mol. The molecular weight excluding hydrogens is 332 g/mol. The maximum atomic E-state index is 4.48. The van der Waals surface area contributed by atoms with Gasteiger partial charge in [-0.1, -0.05) is 27.7 Å². The summed E-state index contributed by atoms with van der Waals surface area (Å²) in [6, 6.07) is 8.47. The van der Waals surface area contributed by atoms with Crippen LogP contribution < -0.4 is 0 Å². The summed E-state index contributed by atoms with van der Waals surface area (Å²) in [5, 5.41) is 1.25. The third-order valence-corrected chi connectivity index (χ3v) is 5.09. The van der Waals surface area contributed by atoms with E-state index in [4.69, 9.17) is 0 Å². The highest BCUT2D eigenvalue weighted by atomic mass is 79.9. The first-order valence-corrected chi connectivity index (χ1v) is 8.02. The molecule has 0 spiro atoms. The molecule has 102 valence electrons. The van der Waals surface area contributed by atoms with Gasteiger partial charge in [0.2, 0.25) is 0 Å². The van der Waals surface area contributed by atoms with E-state index < -0.39 is 0 Å². The number of rotatable bonds is 2. The summed E-state index contributed by atoms with van der Waals surface area (Å²) in [7, 11) is 2.05. The van der Waals surface area contributed by atoms with Gasteiger partial charge in [0.15, 0.2) is 0 Å². The normalized spacial score (nSPS) is 11.2. The van der Waals surface area contributed by atoms with Crippen LogP contribution in [0.3, 0.4) is 0 Å². The Morgan fingerprint density at radius 2 is 1.90 bits per heavy atom. The van der Waals surface area contributed by atoms with Crippen molar-refractivity contribution in [2.75, 3.05) is 0 Å². The Labute approximate surface area is 131 Å². The van der Waals surface area contributed by atoms with Crippen molar-refractivity contribution in [3.8, 4) is 0 Å². The average molecular weight is 347 g/mol. The molecule has 0 radical (unpaired) electrons. The van der Waals surface area contributed by atoms with Crippen LogP contribution in [0.25, 0.3) is 11.0 Å². The second-order valence-electron chi connectivity index (χ2n) is 4.94. The summed E-state index contributed by atoms with van der Waals surface area (Å²) in [6.07, 6.45) is 4.04. The lowest BCUT2D eigenvalue weighted by Gasteiger charge is -2.06. The van der Waals surface area contributed by atoms with Crippen LogP contribution in [0.15, 0.2) is 50.9 Å². The summed E-state index contributed by atoms with van der Waals surface area (Å²) in [6.45, 7) is 4.28. The van der Waals surface area contributed by atoms with Crippen LogP contribution >= 0.6 is 27.7 Å². The van der Waals surface area contributed by atoms with E-state index in [1.54, 1.807) is 11.8 Å². The molecule has 0 aliphatic rings. The molecule has 0 saturated carbocycles. The third-order valence-electron chi connectivity index (χ3n) is 3.39. The van der Waals surface area contributed by atoms with Crippen molar-refractivity contribution in [1.29, 1.82) is 0 Å². The Bertz CT molecular complexity index is 793. The minimum atomic E-state index is 1.04. The number of hydrogen-bond donors (Lipinski definition) is 0. The Morgan fingerprint density at radius 3 is 2.65 bits per heavy atom. The molecular formula is C16H15BrN2S. The molecule has 3 aromatic rings. The van der Waals surface area contributed by atoms with Gasteiger partial charge in [0.25, 0.3) is 0 Å². The molecule has 0 unspecified atom stereocenters. The smallest absolute Gasteiger partial charge is 0.141 e. The lowest BCUT2D eigenvalue weighted by molar-refractivity contribution is 0.939. The van der Waals surface area contributed by atoms with Crippen molar-refractivity contribution in [2.24, 2.45) is 7.05 Å². The van der Waals surface area contributed by atoms with Gasteiger partial charge in [-0.15, -0.1) is 0 Å². The molecule has 2 aromatic heterocycles. The van der Waals surface area contributed by atoms with Gasteiger partial charge in [0.1, 0.15) is 5.65 Å². The number of halogens is 1. The zero-order chi connectivity index (χ0) is 14.3. The van der Waals surface area contributed by atoms with Crippen LogP contribution in [0.4, 0.5) is 0 Å². The number of nitrogens with zero attached hydrogens (tertiary/aromatic N) is 2. The second-order valence-corrected chi connectivity index (χ2v) is 6.94. The molecule has 0 bridgehead atoms. The first kappa shape index (κ1) is 13.7. The Balaban J connectivity index is 2.11. The molecule has 0 N–H and O–H groups in total. The SMILES string of the molecule is Cc1cc(Br)ccc1Sc1cn(C)c2nccc(C)c12. The van der Waals surface area contributed by atoms with E-state index in [0.29, 0.717) is 0 Å². The quantitative estimate of drug-likeness (QED) is 0.642. The molecule has 20 heavy (non-hydrogen) atoms. The predicted molar refractivity (Wildman–Crippen MR) is 88.5 cm³/mol. The van der Waals surface area contributed by atoms with Gasteiger partial charge in [0.05, 0.1) is 0 Å². The molecule has 2 nitrogen and oxygen atoms in total. The molecule has 0 saturated heterocycles. The van der Waals surface area contributed by atoms with Gasteiger partial charge in [-0.25, -0.2) is 4.98 Å². The Morgan fingerprint density at radius 1 is 1.10 bits per heavy atom. The number of pyridine rings is 1. The van der Waals surface area contributed by atoms with Crippen molar-refractivity contribution in [3.63, 3.8) is 0 Å². The van der Waals surface area contributed by atoms with Gasteiger partial charge < -0.3 is 4.57 Å². The first-order chi connectivity index (χ1) is 9.56. The number of hydrogen-bond acceptors (Lipinski definition) is 2. The molecule has 0 aliphatic heterocycles. The maximum absolute atomic E-state index is 4.48. The van der Waals surface area contributed by atoms with E-state index in [1.807, 2.05) is 13.2 Å². The van der Waals surface area contributed by atoms with Crippen LogP contribution in [-0.4, -0.2) is 9.55 Å². The number of fused-ring (bicyclic) bond motifs is 1.